The second-order valence-corrected chi connectivity index (χ2v) is 5.64. The molecule has 0 bridgehead atoms. The third-order valence-electron chi connectivity index (χ3n) is 3.13. The molecule has 1 saturated carbocycles. The zero-order valence-corrected chi connectivity index (χ0v) is 10.4. The van der Waals surface area contributed by atoms with Crippen molar-refractivity contribution in [2.24, 2.45) is 5.92 Å². The van der Waals surface area contributed by atoms with Gasteiger partial charge in [-0.25, -0.2) is 4.98 Å². The highest BCUT2D eigenvalue weighted by molar-refractivity contribution is 7.09. The van der Waals surface area contributed by atoms with Crippen molar-refractivity contribution in [3.8, 4) is 0 Å². The number of rotatable bonds is 4. The minimum atomic E-state index is 0.765. The molecule has 1 aromatic rings. The highest BCUT2D eigenvalue weighted by Gasteiger charge is 2.20. The van der Waals surface area contributed by atoms with Gasteiger partial charge in [-0.1, -0.05) is 6.92 Å². The Labute approximate surface area is 96.1 Å². The summed E-state index contributed by atoms with van der Waals surface area (Å²) < 4.78 is 0. The summed E-state index contributed by atoms with van der Waals surface area (Å²) in [4.78, 5) is 4.47. The molecule has 2 rings (SSSR count). The second kappa shape index (κ2) is 5.08. The van der Waals surface area contributed by atoms with Gasteiger partial charge in [0.15, 0.2) is 0 Å². The van der Waals surface area contributed by atoms with Crippen molar-refractivity contribution in [1.82, 2.24) is 10.3 Å². The van der Waals surface area contributed by atoms with Gasteiger partial charge in [0, 0.05) is 30.1 Å². The van der Waals surface area contributed by atoms with Crippen molar-refractivity contribution in [2.45, 2.75) is 45.6 Å². The first-order valence-electron chi connectivity index (χ1n) is 5.88. The Hall–Kier alpha value is -0.410. The maximum Gasteiger partial charge on any atom is 0.0940 e. The lowest BCUT2D eigenvalue weighted by molar-refractivity contribution is 0.505. The molecule has 1 aliphatic rings. The van der Waals surface area contributed by atoms with Crippen LogP contribution in [0.25, 0.3) is 0 Å². The lowest BCUT2D eigenvalue weighted by Crippen LogP contribution is -2.28. The summed E-state index contributed by atoms with van der Waals surface area (Å²) >= 11 is 1.78. The van der Waals surface area contributed by atoms with Gasteiger partial charge in [0.1, 0.15) is 0 Å². The molecule has 84 valence electrons. The molecule has 3 heteroatoms. The van der Waals surface area contributed by atoms with E-state index in [-0.39, 0.29) is 0 Å². The van der Waals surface area contributed by atoms with E-state index in [1.54, 1.807) is 11.3 Å². The smallest absolute Gasteiger partial charge is 0.0940 e. The van der Waals surface area contributed by atoms with Crippen LogP contribution in [-0.4, -0.2) is 17.6 Å². The number of hydrogen-bond acceptors (Lipinski definition) is 3. The Bertz CT molecular complexity index is 308. The molecule has 2 atom stereocenters. The van der Waals surface area contributed by atoms with Gasteiger partial charge in [-0.2, -0.15) is 0 Å². The van der Waals surface area contributed by atoms with Crippen LogP contribution in [0.15, 0.2) is 5.38 Å². The van der Waals surface area contributed by atoms with Crippen molar-refractivity contribution in [3.05, 3.63) is 16.1 Å². The topological polar surface area (TPSA) is 24.9 Å². The van der Waals surface area contributed by atoms with Crippen LogP contribution >= 0.6 is 11.3 Å². The molecule has 0 aliphatic heterocycles. The second-order valence-electron chi connectivity index (χ2n) is 4.70. The van der Waals surface area contributed by atoms with Crippen LogP contribution in [-0.2, 0) is 6.42 Å². The van der Waals surface area contributed by atoms with Crippen molar-refractivity contribution < 1.29 is 0 Å². The maximum atomic E-state index is 4.47. The summed E-state index contributed by atoms with van der Waals surface area (Å²) in [5.41, 5.74) is 1.16. The van der Waals surface area contributed by atoms with Crippen molar-refractivity contribution in [3.63, 3.8) is 0 Å². The summed E-state index contributed by atoms with van der Waals surface area (Å²) in [5.74, 6) is 0.921. The lowest BCUT2D eigenvalue weighted by Gasteiger charge is -2.10. The Morgan fingerprint density at radius 1 is 1.53 bits per heavy atom. The number of nitrogens with one attached hydrogen (secondary N) is 1. The zero-order valence-electron chi connectivity index (χ0n) is 9.62. The first kappa shape index (κ1) is 11.1. The normalized spacial score (nSPS) is 26.0. The summed E-state index contributed by atoms with van der Waals surface area (Å²) in [6, 6.07) is 0.765. The highest BCUT2D eigenvalue weighted by atomic mass is 32.1. The van der Waals surface area contributed by atoms with E-state index in [0.29, 0.717) is 0 Å². The minimum absolute atomic E-state index is 0.765. The van der Waals surface area contributed by atoms with E-state index < -0.39 is 0 Å². The summed E-state index contributed by atoms with van der Waals surface area (Å²) in [6.45, 7) is 5.50. The van der Waals surface area contributed by atoms with Gasteiger partial charge in [-0.15, -0.1) is 11.3 Å². The lowest BCUT2D eigenvalue weighted by atomic mass is 10.1. The predicted octanol–water partition coefficient (Wildman–Crippen LogP) is 2.77. The van der Waals surface area contributed by atoms with Crippen LogP contribution in [0.2, 0.25) is 0 Å². The van der Waals surface area contributed by atoms with Gasteiger partial charge in [-0.3, -0.25) is 0 Å². The molecule has 0 amide bonds. The summed E-state index contributed by atoms with van der Waals surface area (Å²) in [6.07, 6.45) is 5.20. The van der Waals surface area contributed by atoms with Crippen molar-refractivity contribution >= 4 is 11.3 Å². The molecular formula is C12H20N2S. The Kier molecular flexibility index (Phi) is 3.76. The van der Waals surface area contributed by atoms with Gasteiger partial charge in [-0.05, 0) is 32.1 Å². The molecule has 1 heterocycles. The monoisotopic (exact) mass is 224 g/mol. The first-order chi connectivity index (χ1) is 7.24. The fourth-order valence-electron chi connectivity index (χ4n) is 2.29. The van der Waals surface area contributed by atoms with E-state index in [0.717, 1.165) is 30.6 Å². The van der Waals surface area contributed by atoms with E-state index in [4.69, 9.17) is 0 Å². The van der Waals surface area contributed by atoms with Crippen LogP contribution in [0.1, 0.15) is 36.9 Å². The molecule has 15 heavy (non-hydrogen) atoms. The molecule has 0 saturated heterocycles. The minimum Gasteiger partial charge on any atom is -0.314 e. The highest BCUT2D eigenvalue weighted by Crippen LogP contribution is 2.24. The van der Waals surface area contributed by atoms with Gasteiger partial charge in [0.25, 0.3) is 0 Å². The predicted molar refractivity (Wildman–Crippen MR) is 65.4 cm³/mol. The molecule has 0 radical (unpaired) electrons. The van der Waals surface area contributed by atoms with Gasteiger partial charge >= 0.3 is 0 Å². The Morgan fingerprint density at radius 2 is 2.40 bits per heavy atom. The van der Waals surface area contributed by atoms with Crippen molar-refractivity contribution in [1.29, 1.82) is 0 Å². The molecule has 1 aromatic heterocycles. The van der Waals surface area contributed by atoms with E-state index in [2.05, 4.69) is 29.5 Å². The van der Waals surface area contributed by atoms with Crippen LogP contribution in [0.5, 0.6) is 0 Å². The first-order valence-corrected chi connectivity index (χ1v) is 6.76. The van der Waals surface area contributed by atoms with Crippen LogP contribution in [0, 0.1) is 12.8 Å². The van der Waals surface area contributed by atoms with Crippen LogP contribution in [0.4, 0.5) is 0 Å². The average Bonchev–Trinajstić information content (AvgIpc) is 2.76. The van der Waals surface area contributed by atoms with E-state index in [9.17, 15) is 0 Å². The fraction of sp³-hybridized carbons (Fsp3) is 0.750. The maximum absolute atomic E-state index is 4.47. The third kappa shape index (κ3) is 3.28. The number of thiazole rings is 1. The molecule has 1 aliphatic carbocycles. The van der Waals surface area contributed by atoms with Crippen LogP contribution in [0.3, 0.4) is 0 Å². The number of nitrogens with zero attached hydrogens (tertiary/aromatic N) is 1. The molecule has 0 spiro atoms. The summed E-state index contributed by atoms with van der Waals surface area (Å²) in [7, 11) is 0. The molecule has 2 nitrogen and oxygen atoms in total. The quantitative estimate of drug-likeness (QED) is 0.850. The van der Waals surface area contributed by atoms with Crippen molar-refractivity contribution in [2.75, 3.05) is 6.54 Å². The number of aryl methyl sites for hydroxylation is 1. The largest absolute Gasteiger partial charge is 0.314 e. The third-order valence-corrected chi connectivity index (χ3v) is 4.16. The van der Waals surface area contributed by atoms with E-state index in [1.165, 1.54) is 24.3 Å². The Balaban J connectivity index is 1.67. The SMILES string of the molecule is Cc1csc(CCNC2CCC(C)C2)n1. The molecule has 0 aromatic carbocycles. The standard InChI is InChI=1S/C12H20N2S/c1-9-3-4-11(7-9)13-6-5-12-14-10(2)8-15-12/h8-9,11,13H,3-7H2,1-2H3. The van der Waals surface area contributed by atoms with Crippen LogP contribution < -0.4 is 5.32 Å². The Morgan fingerprint density at radius 3 is 3.00 bits per heavy atom. The van der Waals surface area contributed by atoms with E-state index in [1.807, 2.05) is 0 Å². The number of hydrogen-bond donors (Lipinski definition) is 1. The van der Waals surface area contributed by atoms with Gasteiger partial charge in [0.05, 0.1) is 5.01 Å². The average molecular weight is 224 g/mol. The zero-order chi connectivity index (χ0) is 10.7. The van der Waals surface area contributed by atoms with E-state index >= 15 is 0 Å². The molecule has 1 N–H and O–H groups in total. The van der Waals surface area contributed by atoms with Gasteiger partial charge < -0.3 is 5.32 Å². The fourth-order valence-corrected chi connectivity index (χ4v) is 3.07. The summed E-state index contributed by atoms with van der Waals surface area (Å²) in [5, 5.41) is 7.04. The molecule has 2 unspecified atom stereocenters. The molecular weight excluding hydrogens is 204 g/mol. The molecule has 1 fully saturated rings. The number of aromatic nitrogens is 1. The van der Waals surface area contributed by atoms with Gasteiger partial charge in [0.2, 0.25) is 0 Å².